The van der Waals surface area contributed by atoms with Crippen molar-refractivity contribution >= 4 is 6.09 Å². The SMILES string of the molecule is COc1ccc2c3c1O[C@H]1C[C@@H](O)C=C[C@@]31CCN(CCOCCN(C(=O)O)C13CC4C[C@@](C)(C1)C[C@](C)(C4)C3)C2. The summed E-state index contributed by atoms with van der Waals surface area (Å²) in [5.41, 5.74) is 2.51. The van der Waals surface area contributed by atoms with Crippen molar-refractivity contribution < 1.29 is 29.2 Å². The number of rotatable bonds is 8. The molecule has 0 aromatic heterocycles. The lowest BCUT2D eigenvalue weighted by Crippen LogP contribution is -2.66. The molecule has 1 aromatic rings. The zero-order chi connectivity index (χ0) is 28.6. The largest absolute Gasteiger partial charge is 0.493 e. The Kier molecular flexibility index (Phi) is 6.46. The van der Waals surface area contributed by atoms with E-state index in [4.69, 9.17) is 14.2 Å². The molecule has 0 radical (unpaired) electrons. The molecule has 2 aliphatic heterocycles. The van der Waals surface area contributed by atoms with Crippen molar-refractivity contribution in [2.45, 2.75) is 94.9 Å². The second-order valence-electron chi connectivity index (χ2n) is 14.9. The predicted octanol–water partition coefficient (Wildman–Crippen LogP) is 4.97. The van der Waals surface area contributed by atoms with E-state index in [1.165, 1.54) is 30.4 Å². The van der Waals surface area contributed by atoms with Gasteiger partial charge in [0.05, 0.1) is 31.8 Å². The van der Waals surface area contributed by atoms with Crippen LogP contribution in [0.4, 0.5) is 4.79 Å². The molecule has 1 amide bonds. The number of hydrogen-bond acceptors (Lipinski definition) is 6. The molecule has 8 nitrogen and oxygen atoms in total. The predicted molar refractivity (Wildman–Crippen MR) is 154 cm³/mol. The Hall–Kier alpha value is -2.29. The number of carboxylic acid groups (broad SMARTS) is 1. The Bertz CT molecular complexity index is 1230. The summed E-state index contributed by atoms with van der Waals surface area (Å²) in [7, 11) is 1.68. The van der Waals surface area contributed by atoms with Crippen molar-refractivity contribution in [2.24, 2.45) is 16.7 Å². The van der Waals surface area contributed by atoms with E-state index in [0.29, 0.717) is 32.1 Å². The minimum atomic E-state index is -0.791. The number of benzene rings is 1. The highest BCUT2D eigenvalue weighted by atomic mass is 16.5. The summed E-state index contributed by atoms with van der Waals surface area (Å²) in [5.74, 6) is 2.23. The molecule has 2 unspecified atom stereocenters. The first-order valence-corrected chi connectivity index (χ1v) is 15.6. The monoisotopic (exact) mass is 566 g/mol. The van der Waals surface area contributed by atoms with Gasteiger partial charge in [-0.2, -0.15) is 0 Å². The molecule has 8 rings (SSSR count). The summed E-state index contributed by atoms with van der Waals surface area (Å²) in [6.07, 6.45) is 11.0. The number of aliphatic hydroxyl groups is 1. The topological polar surface area (TPSA) is 91.7 Å². The van der Waals surface area contributed by atoms with E-state index in [9.17, 15) is 15.0 Å². The van der Waals surface area contributed by atoms with Crippen molar-refractivity contribution in [3.63, 3.8) is 0 Å². The van der Waals surface area contributed by atoms with Gasteiger partial charge in [-0.1, -0.05) is 32.1 Å². The molecule has 1 aromatic carbocycles. The van der Waals surface area contributed by atoms with Crippen molar-refractivity contribution in [2.75, 3.05) is 40.0 Å². The molecule has 41 heavy (non-hydrogen) atoms. The van der Waals surface area contributed by atoms with Crippen molar-refractivity contribution in [1.29, 1.82) is 0 Å². The highest BCUT2D eigenvalue weighted by molar-refractivity contribution is 5.66. The zero-order valence-corrected chi connectivity index (χ0v) is 24.9. The van der Waals surface area contributed by atoms with E-state index in [0.717, 1.165) is 56.8 Å². The zero-order valence-electron chi connectivity index (χ0n) is 24.9. The van der Waals surface area contributed by atoms with Crippen LogP contribution in [0.15, 0.2) is 24.3 Å². The van der Waals surface area contributed by atoms with Crippen LogP contribution in [0.25, 0.3) is 0 Å². The van der Waals surface area contributed by atoms with Gasteiger partial charge >= 0.3 is 6.09 Å². The van der Waals surface area contributed by atoms with E-state index >= 15 is 0 Å². The number of carbonyl (C=O) groups is 1. The molecule has 7 atom stereocenters. The normalized spacial score (nSPS) is 40.0. The van der Waals surface area contributed by atoms with E-state index in [1.807, 2.05) is 12.1 Å². The molecule has 4 fully saturated rings. The summed E-state index contributed by atoms with van der Waals surface area (Å²) in [6.45, 7) is 8.69. The maximum absolute atomic E-state index is 12.6. The molecular formula is C33H46N2O6. The molecule has 0 saturated heterocycles. The summed E-state index contributed by atoms with van der Waals surface area (Å²) in [5, 5.41) is 20.6. The van der Waals surface area contributed by atoms with Gasteiger partial charge in [-0.15, -0.1) is 0 Å². The third-order valence-electron chi connectivity index (χ3n) is 11.4. The Morgan fingerprint density at radius 1 is 1.15 bits per heavy atom. The van der Waals surface area contributed by atoms with E-state index in [-0.39, 0.29) is 27.9 Å². The first kappa shape index (κ1) is 27.5. The van der Waals surface area contributed by atoms with Gasteiger partial charge in [0.25, 0.3) is 0 Å². The van der Waals surface area contributed by atoms with Crippen LogP contribution in [0.1, 0.15) is 76.3 Å². The van der Waals surface area contributed by atoms with E-state index in [2.05, 4.69) is 30.9 Å². The first-order chi connectivity index (χ1) is 19.6. The molecule has 7 aliphatic rings. The molecule has 2 N–H and O–H groups in total. The van der Waals surface area contributed by atoms with Crippen LogP contribution in [0.3, 0.4) is 0 Å². The molecular weight excluding hydrogens is 520 g/mol. The molecule has 2 heterocycles. The highest BCUT2D eigenvalue weighted by Gasteiger charge is 2.62. The number of hydrogen-bond donors (Lipinski definition) is 2. The Labute approximate surface area is 243 Å². The third kappa shape index (κ3) is 4.47. The minimum Gasteiger partial charge on any atom is -0.493 e. The van der Waals surface area contributed by atoms with Gasteiger partial charge in [0.2, 0.25) is 0 Å². The fraction of sp³-hybridized carbons (Fsp3) is 0.727. The van der Waals surface area contributed by atoms with Crippen LogP contribution in [-0.4, -0.2) is 83.8 Å². The van der Waals surface area contributed by atoms with Crippen molar-refractivity contribution in [3.05, 3.63) is 35.4 Å². The van der Waals surface area contributed by atoms with Gasteiger partial charge < -0.3 is 29.3 Å². The van der Waals surface area contributed by atoms with Gasteiger partial charge in [0, 0.05) is 37.2 Å². The highest BCUT2D eigenvalue weighted by Crippen LogP contribution is 2.67. The molecule has 4 saturated carbocycles. The summed E-state index contributed by atoms with van der Waals surface area (Å²) in [4.78, 5) is 16.8. The number of nitrogens with zero attached hydrogens (tertiary/aromatic N) is 2. The average Bonchev–Trinajstić information content (AvgIpc) is 3.12. The van der Waals surface area contributed by atoms with Crippen LogP contribution < -0.4 is 9.47 Å². The van der Waals surface area contributed by atoms with Crippen LogP contribution in [-0.2, 0) is 16.7 Å². The number of methoxy groups -OCH3 is 1. The van der Waals surface area contributed by atoms with Gasteiger partial charge in [-0.3, -0.25) is 4.90 Å². The quantitative estimate of drug-likeness (QED) is 0.339. The van der Waals surface area contributed by atoms with Gasteiger partial charge in [-0.05, 0) is 79.9 Å². The maximum atomic E-state index is 12.6. The number of aliphatic hydroxyl groups excluding tert-OH is 1. The van der Waals surface area contributed by atoms with Crippen molar-refractivity contribution in [3.8, 4) is 11.5 Å². The summed E-state index contributed by atoms with van der Waals surface area (Å²) < 4.78 is 18.2. The van der Waals surface area contributed by atoms with Gasteiger partial charge in [0.1, 0.15) is 6.10 Å². The van der Waals surface area contributed by atoms with Crippen LogP contribution in [0, 0.1) is 16.7 Å². The maximum Gasteiger partial charge on any atom is 0.407 e. The number of ether oxygens (including phenoxy) is 3. The second kappa shape index (κ2) is 9.61. The Balaban J connectivity index is 0.996. The third-order valence-corrected chi connectivity index (χ3v) is 11.4. The van der Waals surface area contributed by atoms with Crippen LogP contribution >= 0.6 is 0 Å². The fourth-order valence-electron chi connectivity index (χ4n) is 10.9. The average molecular weight is 567 g/mol. The van der Waals surface area contributed by atoms with Crippen molar-refractivity contribution in [1.82, 2.24) is 9.80 Å². The molecule has 5 aliphatic carbocycles. The standard InChI is InChI=1S/C33H46N2O6/c1-30-15-22-16-31(2,19-30)21-32(17-22,20-30)35(29(37)38)11-13-40-12-10-34-9-8-33-7-6-24(36)14-26(33)41-28-25(39-3)5-4-23(18-34)27(28)33/h4-7,22,24,26,36H,8-21H2,1-3H3,(H,37,38)/t22?,24-,26-,30-,31+,32?,33-/m0/s1. The molecule has 8 heteroatoms. The molecule has 224 valence electrons. The fourth-order valence-corrected chi connectivity index (χ4v) is 10.9. The van der Waals surface area contributed by atoms with Gasteiger partial charge in [0.15, 0.2) is 11.5 Å². The smallest absolute Gasteiger partial charge is 0.407 e. The lowest BCUT2D eigenvalue weighted by molar-refractivity contribution is -0.154. The molecule has 4 bridgehead atoms. The van der Waals surface area contributed by atoms with E-state index < -0.39 is 12.2 Å². The Morgan fingerprint density at radius 2 is 1.93 bits per heavy atom. The summed E-state index contributed by atoms with van der Waals surface area (Å²) in [6, 6.07) is 4.14. The number of amides is 1. The van der Waals surface area contributed by atoms with E-state index in [1.54, 1.807) is 12.0 Å². The van der Waals surface area contributed by atoms with Crippen LogP contribution in [0.5, 0.6) is 11.5 Å². The molecule has 1 spiro atoms. The van der Waals surface area contributed by atoms with Gasteiger partial charge in [-0.25, -0.2) is 4.79 Å². The summed E-state index contributed by atoms with van der Waals surface area (Å²) >= 11 is 0. The van der Waals surface area contributed by atoms with Crippen LogP contribution in [0.2, 0.25) is 0 Å². The lowest BCUT2D eigenvalue weighted by atomic mass is 9.42. The lowest BCUT2D eigenvalue weighted by Gasteiger charge is -2.67. The second-order valence-corrected chi connectivity index (χ2v) is 14.9. The Morgan fingerprint density at radius 3 is 2.63 bits per heavy atom. The minimum absolute atomic E-state index is 0.0974. The first-order valence-electron chi connectivity index (χ1n) is 15.6.